The highest BCUT2D eigenvalue weighted by Crippen LogP contribution is 2.15. The fourth-order valence-corrected chi connectivity index (χ4v) is 2.43. The van der Waals surface area contributed by atoms with Crippen LogP contribution in [0.25, 0.3) is 0 Å². The number of amides is 2. The van der Waals surface area contributed by atoms with Crippen LogP contribution in [-0.2, 0) is 6.42 Å². The molecule has 0 saturated carbocycles. The molecule has 2 aromatic rings. The number of urea groups is 1. The maximum Gasteiger partial charge on any atom is 0.319 e. The van der Waals surface area contributed by atoms with Gasteiger partial charge in [-0.3, -0.25) is 0 Å². The fourth-order valence-electron chi connectivity index (χ4n) is 2.43. The molecule has 25 heavy (non-hydrogen) atoms. The molecule has 134 valence electrons. The van der Waals surface area contributed by atoms with E-state index in [-0.39, 0.29) is 6.03 Å². The molecule has 2 rings (SSSR count). The molecule has 0 fully saturated rings. The van der Waals surface area contributed by atoms with Gasteiger partial charge >= 0.3 is 6.03 Å². The molecule has 0 bridgehead atoms. The van der Waals surface area contributed by atoms with Crippen molar-refractivity contribution < 1.29 is 9.53 Å². The van der Waals surface area contributed by atoms with Gasteiger partial charge in [0.05, 0.1) is 6.61 Å². The van der Waals surface area contributed by atoms with E-state index in [0.29, 0.717) is 13.2 Å². The molecule has 0 atom stereocenters. The Bertz CT molecular complexity index is 652. The van der Waals surface area contributed by atoms with E-state index in [1.54, 1.807) is 0 Å². The van der Waals surface area contributed by atoms with Crippen molar-refractivity contribution in [3.8, 4) is 5.75 Å². The summed E-state index contributed by atoms with van der Waals surface area (Å²) in [6, 6.07) is 15.7. The highest BCUT2D eigenvalue weighted by atomic mass is 16.5. The third kappa shape index (κ3) is 6.37. The van der Waals surface area contributed by atoms with E-state index >= 15 is 0 Å². The summed E-state index contributed by atoms with van der Waals surface area (Å²) in [6.07, 6.45) is 1.84. The fraction of sp³-hybridized carbons (Fsp3) is 0.350. The van der Waals surface area contributed by atoms with Crippen molar-refractivity contribution in [1.29, 1.82) is 0 Å². The molecular weight excluding hydrogens is 314 g/mol. The lowest BCUT2D eigenvalue weighted by molar-refractivity contribution is 0.252. The van der Waals surface area contributed by atoms with Crippen molar-refractivity contribution in [2.45, 2.75) is 19.8 Å². The van der Waals surface area contributed by atoms with Crippen LogP contribution in [0.2, 0.25) is 0 Å². The average molecular weight is 341 g/mol. The van der Waals surface area contributed by atoms with Crippen molar-refractivity contribution in [1.82, 2.24) is 5.32 Å². The molecule has 0 unspecified atom stereocenters. The number of anilines is 2. The van der Waals surface area contributed by atoms with Crippen LogP contribution < -0.4 is 20.3 Å². The van der Waals surface area contributed by atoms with Crippen molar-refractivity contribution in [2.75, 3.05) is 37.5 Å². The van der Waals surface area contributed by atoms with E-state index in [2.05, 4.69) is 39.8 Å². The van der Waals surface area contributed by atoms with E-state index in [1.807, 2.05) is 45.3 Å². The Morgan fingerprint density at radius 1 is 1.04 bits per heavy atom. The minimum absolute atomic E-state index is 0.188. The Hall–Kier alpha value is -2.69. The van der Waals surface area contributed by atoms with Gasteiger partial charge in [0.1, 0.15) is 5.75 Å². The standard InChI is InChI=1S/C20H27N3O2/c1-4-25-19-13-9-17(10-14-19)22-20(24)21-15-5-6-16-7-11-18(12-8-16)23(2)3/h7-14H,4-6,15H2,1-3H3,(H2,21,22,24). The molecule has 0 radical (unpaired) electrons. The zero-order valence-corrected chi connectivity index (χ0v) is 15.2. The molecule has 0 aliphatic rings. The molecule has 0 aliphatic heterocycles. The summed E-state index contributed by atoms with van der Waals surface area (Å²) >= 11 is 0. The molecule has 0 heterocycles. The summed E-state index contributed by atoms with van der Waals surface area (Å²) in [6.45, 7) is 3.21. The summed E-state index contributed by atoms with van der Waals surface area (Å²) in [4.78, 5) is 14.0. The highest BCUT2D eigenvalue weighted by Gasteiger charge is 2.02. The number of benzene rings is 2. The third-order valence-electron chi connectivity index (χ3n) is 3.80. The van der Waals surface area contributed by atoms with Gasteiger partial charge in [0.2, 0.25) is 0 Å². The van der Waals surface area contributed by atoms with Gasteiger partial charge in [-0.25, -0.2) is 4.79 Å². The first-order chi connectivity index (χ1) is 12.1. The first-order valence-corrected chi connectivity index (χ1v) is 8.62. The van der Waals surface area contributed by atoms with E-state index in [0.717, 1.165) is 24.3 Å². The second kappa shape index (κ2) is 9.57. The second-order valence-electron chi connectivity index (χ2n) is 6.00. The monoisotopic (exact) mass is 341 g/mol. The number of rotatable bonds is 8. The number of aryl methyl sites for hydroxylation is 1. The predicted octanol–water partition coefficient (Wildman–Crippen LogP) is 3.91. The van der Waals surface area contributed by atoms with Gasteiger partial charge in [-0.1, -0.05) is 12.1 Å². The summed E-state index contributed by atoms with van der Waals surface area (Å²) in [7, 11) is 4.06. The van der Waals surface area contributed by atoms with Crippen molar-refractivity contribution >= 4 is 17.4 Å². The first-order valence-electron chi connectivity index (χ1n) is 8.62. The minimum Gasteiger partial charge on any atom is -0.494 e. The lowest BCUT2D eigenvalue weighted by Gasteiger charge is -2.12. The Balaban J connectivity index is 1.68. The van der Waals surface area contributed by atoms with Crippen molar-refractivity contribution in [3.05, 3.63) is 54.1 Å². The molecule has 2 aromatic carbocycles. The normalized spacial score (nSPS) is 10.2. The van der Waals surface area contributed by atoms with Gasteiger partial charge in [-0.15, -0.1) is 0 Å². The topological polar surface area (TPSA) is 53.6 Å². The van der Waals surface area contributed by atoms with Gasteiger partial charge < -0.3 is 20.3 Å². The Morgan fingerprint density at radius 3 is 2.32 bits per heavy atom. The zero-order chi connectivity index (χ0) is 18.1. The van der Waals surface area contributed by atoms with E-state index < -0.39 is 0 Å². The molecule has 5 nitrogen and oxygen atoms in total. The maximum atomic E-state index is 11.9. The quantitative estimate of drug-likeness (QED) is 0.716. The molecule has 2 N–H and O–H groups in total. The number of hydrogen-bond donors (Lipinski definition) is 2. The zero-order valence-electron chi connectivity index (χ0n) is 15.2. The van der Waals surface area contributed by atoms with Crippen LogP contribution in [-0.4, -0.2) is 33.3 Å². The summed E-state index contributed by atoms with van der Waals surface area (Å²) in [5, 5.41) is 5.70. The molecule has 0 saturated heterocycles. The Labute approximate surface area is 150 Å². The van der Waals surface area contributed by atoms with Crippen LogP contribution in [0, 0.1) is 0 Å². The van der Waals surface area contributed by atoms with E-state index in [1.165, 1.54) is 11.3 Å². The number of nitrogens with zero attached hydrogens (tertiary/aromatic N) is 1. The summed E-state index contributed by atoms with van der Waals surface area (Å²) in [5.74, 6) is 0.800. The smallest absolute Gasteiger partial charge is 0.319 e. The average Bonchev–Trinajstić information content (AvgIpc) is 2.61. The van der Waals surface area contributed by atoms with Gasteiger partial charge in [0.15, 0.2) is 0 Å². The summed E-state index contributed by atoms with van der Waals surface area (Å²) in [5.41, 5.74) is 3.22. The lowest BCUT2D eigenvalue weighted by atomic mass is 10.1. The number of carbonyl (C=O) groups is 1. The molecular formula is C20H27N3O2. The lowest BCUT2D eigenvalue weighted by Crippen LogP contribution is -2.29. The van der Waals surface area contributed by atoms with Crippen LogP contribution >= 0.6 is 0 Å². The van der Waals surface area contributed by atoms with Gasteiger partial charge in [0, 0.05) is 32.0 Å². The number of hydrogen-bond acceptors (Lipinski definition) is 3. The maximum absolute atomic E-state index is 11.9. The largest absolute Gasteiger partial charge is 0.494 e. The molecule has 5 heteroatoms. The van der Waals surface area contributed by atoms with Crippen LogP contribution in [0.4, 0.5) is 16.2 Å². The van der Waals surface area contributed by atoms with Gasteiger partial charge in [-0.05, 0) is 61.7 Å². The predicted molar refractivity (Wildman–Crippen MR) is 104 cm³/mol. The van der Waals surface area contributed by atoms with Crippen molar-refractivity contribution in [3.63, 3.8) is 0 Å². The number of nitrogens with one attached hydrogen (secondary N) is 2. The SMILES string of the molecule is CCOc1ccc(NC(=O)NCCCc2ccc(N(C)C)cc2)cc1. The minimum atomic E-state index is -0.188. The highest BCUT2D eigenvalue weighted by molar-refractivity contribution is 5.89. The van der Waals surface area contributed by atoms with Gasteiger partial charge in [0.25, 0.3) is 0 Å². The van der Waals surface area contributed by atoms with Gasteiger partial charge in [-0.2, -0.15) is 0 Å². The Morgan fingerprint density at radius 2 is 1.72 bits per heavy atom. The van der Waals surface area contributed by atoms with Crippen LogP contribution in [0.1, 0.15) is 18.9 Å². The van der Waals surface area contributed by atoms with Crippen LogP contribution in [0.5, 0.6) is 5.75 Å². The number of carbonyl (C=O) groups excluding carboxylic acids is 1. The molecule has 2 amide bonds. The second-order valence-corrected chi connectivity index (χ2v) is 6.00. The van der Waals surface area contributed by atoms with Crippen LogP contribution in [0.3, 0.4) is 0 Å². The third-order valence-corrected chi connectivity index (χ3v) is 3.80. The first kappa shape index (κ1) is 18.6. The molecule has 0 spiro atoms. The van der Waals surface area contributed by atoms with Crippen LogP contribution in [0.15, 0.2) is 48.5 Å². The molecule has 0 aliphatic carbocycles. The van der Waals surface area contributed by atoms with E-state index in [9.17, 15) is 4.79 Å². The number of ether oxygens (including phenoxy) is 1. The Kier molecular flexibility index (Phi) is 7.14. The van der Waals surface area contributed by atoms with E-state index in [4.69, 9.17) is 4.74 Å². The van der Waals surface area contributed by atoms with Crippen molar-refractivity contribution in [2.24, 2.45) is 0 Å². The summed E-state index contributed by atoms with van der Waals surface area (Å²) < 4.78 is 5.38. The molecule has 0 aromatic heterocycles.